The van der Waals surface area contributed by atoms with E-state index in [4.69, 9.17) is 26.4 Å². The number of rotatable bonds is 9. The molecule has 1 fully saturated rings. The lowest BCUT2D eigenvalue weighted by Crippen LogP contribution is -2.29. The van der Waals surface area contributed by atoms with Crippen molar-refractivity contribution < 1.29 is 23.8 Å². The Bertz CT molecular complexity index is 1050. The number of carbonyl (C=O) groups is 2. The zero-order valence-corrected chi connectivity index (χ0v) is 19.7. The standard InChI is InChI=1S/C23H24N2O5S2/c1-28-17-7-4-6-16(14-17)24-21(26)8-5-11-25-22(27)20(32-23(25)31)13-15-9-10-18(29-2)19(12-15)30-3/h4,6-7,9-10,12-14H,5,8,11H2,1-3H3,(H,24,26). The highest BCUT2D eigenvalue weighted by Gasteiger charge is 2.31. The molecule has 0 radical (unpaired) electrons. The molecule has 0 aromatic heterocycles. The Morgan fingerprint density at radius 2 is 1.88 bits per heavy atom. The number of thiocarbonyl (C=S) groups is 1. The van der Waals surface area contributed by atoms with Crippen molar-refractivity contribution in [2.24, 2.45) is 0 Å². The highest BCUT2D eigenvalue weighted by molar-refractivity contribution is 8.26. The number of amides is 2. The number of methoxy groups -OCH3 is 3. The Labute approximate surface area is 196 Å². The average molecular weight is 473 g/mol. The van der Waals surface area contributed by atoms with Gasteiger partial charge in [0, 0.05) is 24.7 Å². The van der Waals surface area contributed by atoms with Crippen LogP contribution in [0, 0.1) is 0 Å². The summed E-state index contributed by atoms with van der Waals surface area (Å²) in [6.45, 7) is 0.374. The molecule has 1 heterocycles. The predicted molar refractivity (Wildman–Crippen MR) is 130 cm³/mol. The minimum absolute atomic E-state index is 0.135. The van der Waals surface area contributed by atoms with Crippen molar-refractivity contribution in [3.8, 4) is 17.2 Å². The molecular weight excluding hydrogens is 448 g/mol. The Morgan fingerprint density at radius 3 is 2.59 bits per heavy atom. The molecule has 0 atom stereocenters. The SMILES string of the molecule is COc1cccc(NC(=O)CCCN2C(=O)C(=Cc3ccc(OC)c(OC)c3)SC2=S)c1. The molecule has 3 rings (SSSR count). The van der Waals surface area contributed by atoms with Gasteiger partial charge in [0.1, 0.15) is 10.1 Å². The summed E-state index contributed by atoms with van der Waals surface area (Å²) in [5.74, 6) is 1.57. The summed E-state index contributed by atoms with van der Waals surface area (Å²) in [6, 6.07) is 12.6. The fourth-order valence-corrected chi connectivity index (χ4v) is 4.42. The van der Waals surface area contributed by atoms with Crippen LogP contribution in [-0.2, 0) is 9.59 Å². The summed E-state index contributed by atoms with van der Waals surface area (Å²) in [5, 5.41) is 2.83. The minimum Gasteiger partial charge on any atom is -0.497 e. The molecular formula is C23H24N2O5S2. The van der Waals surface area contributed by atoms with E-state index in [1.807, 2.05) is 6.07 Å². The zero-order chi connectivity index (χ0) is 23.1. The third kappa shape index (κ3) is 5.80. The van der Waals surface area contributed by atoms with Crippen LogP contribution >= 0.6 is 24.0 Å². The van der Waals surface area contributed by atoms with Gasteiger partial charge < -0.3 is 19.5 Å². The van der Waals surface area contributed by atoms with Crippen molar-refractivity contribution in [2.45, 2.75) is 12.8 Å². The number of thioether (sulfide) groups is 1. The van der Waals surface area contributed by atoms with Gasteiger partial charge in [-0.1, -0.05) is 36.1 Å². The van der Waals surface area contributed by atoms with E-state index >= 15 is 0 Å². The first-order chi connectivity index (χ1) is 15.4. The largest absolute Gasteiger partial charge is 0.497 e. The maximum atomic E-state index is 12.8. The Morgan fingerprint density at radius 1 is 1.09 bits per heavy atom. The number of hydrogen-bond donors (Lipinski definition) is 1. The molecule has 9 heteroatoms. The van der Waals surface area contributed by atoms with Gasteiger partial charge in [0.2, 0.25) is 5.91 Å². The van der Waals surface area contributed by atoms with Gasteiger partial charge >= 0.3 is 0 Å². The summed E-state index contributed by atoms with van der Waals surface area (Å²) in [4.78, 5) is 27.1. The minimum atomic E-state index is -0.164. The lowest BCUT2D eigenvalue weighted by atomic mass is 10.2. The highest BCUT2D eigenvalue weighted by atomic mass is 32.2. The van der Waals surface area contributed by atoms with Crippen LogP contribution in [0.3, 0.4) is 0 Å². The average Bonchev–Trinajstić information content (AvgIpc) is 3.06. The van der Waals surface area contributed by atoms with Gasteiger partial charge in [0.15, 0.2) is 11.5 Å². The van der Waals surface area contributed by atoms with Gasteiger partial charge in [-0.15, -0.1) is 0 Å². The quantitative estimate of drug-likeness (QED) is 0.430. The van der Waals surface area contributed by atoms with Gasteiger partial charge in [-0.3, -0.25) is 14.5 Å². The van der Waals surface area contributed by atoms with Crippen LogP contribution in [0.25, 0.3) is 6.08 Å². The molecule has 2 aromatic carbocycles. The lowest BCUT2D eigenvalue weighted by Gasteiger charge is -2.14. The Hall–Kier alpha value is -3.04. The van der Waals surface area contributed by atoms with Crippen LogP contribution in [0.5, 0.6) is 17.2 Å². The molecule has 0 spiro atoms. The molecule has 7 nitrogen and oxygen atoms in total. The molecule has 168 valence electrons. The number of carbonyl (C=O) groups excluding carboxylic acids is 2. The van der Waals surface area contributed by atoms with Crippen molar-refractivity contribution in [3.63, 3.8) is 0 Å². The van der Waals surface area contributed by atoms with Crippen LogP contribution in [0.4, 0.5) is 5.69 Å². The molecule has 1 saturated heterocycles. The van der Waals surface area contributed by atoms with Crippen LogP contribution in [0.15, 0.2) is 47.4 Å². The van der Waals surface area contributed by atoms with Crippen LogP contribution < -0.4 is 19.5 Å². The van der Waals surface area contributed by atoms with Crippen LogP contribution in [-0.4, -0.2) is 48.9 Å². The fraction of sp³-hybridized carbons (Fsp3) is 0.261. The summed E-state index contributed by atoms with van der Waals surface area (Å²) < 4.78 is 16.2. The second-order valence-corrected chi connectivity index (χ2v) is 8.51. The van der Waals surface area contributed by atoms with Gasteiger partial charge in [0.25, 0.3) is 5.91 Å². The van der Waals surface area contributed by atoms with Crippen molar-refractivity contribution in [2.75, 3.05) is 33.2 Å². The third-order valence-electron chi connectivity index (χ3n) is 4.72. The van der Waals surface area contributed by atoms with Crippen LogP contribution in [0.1, 0.15) is 18.4 Å². The van der Waals surface area contributed by atoms with E-state index in [0.717, 1.165) is 5.56 Å². The second kappa shape index (κ2) is 11.0. The zero-order valence-electron chi connectivity index (χ0n) is 18.0. The van der Waals surface area contributed by atoms with Gasteiger partial charge in [-0.25, -0.2) is 0 Å². The van der Waals surface area contributed by atoms with E-state index in [1.54, 1.807) is 63.8 Å². The lowest BCUT2D eigenvalue weighted by molar-refractivity contribution is -0.122. The van der Waals surface area contributed by atoms with Crippen molar-refractivity contribution in [1.29, 1.82) is 0 Å². The highest BCUT2D eigenvalue weighted by Crippen LogP contribution is 2.34. The Kier molecular flexibility index (Phi) is 8.13. The van der Waals surface area contributed by atoms with E-state index in [9.17, 15) is 9.59 Å². The molecule has 1 aliphatic heterocycles. The Balaban J connectivity index is 1.57. The smallest absolute Gasteiger partial charge is 0.266 e. The molecule has 2 amide bonds. The summed E-state index contributed by atoms with van der Waals surface area (Å²) in [7, 11) is 4.70. The predicted octanol–water partition coefficient (Wildman–Crippen LogP) is 4.33. The molecule has 32 heavy (non-hydrogen) atoms. The normalized spacial score (nSPS) is 14.6. The first-order valence-corrected chi connectivity index (χ1v) is 11.1. The van der Waals surface area contributed by atoms with Crippen molar-refractivity contribution in [3.05, 3.63) is 52.9 Å². The first-order valence-electron chi connectivity index (χ1n) is 9.86. The van der Waals surface area contributed by atoms with Crippen molar-refractivity contribution >= 4 is 51.9 Å². The molecule has 1 N–H and O–H groups in total. The van der Waals surface area contributed by atoms with E-state index in [-0.39, 0.29) is 18.2 Å². The monoisotopic (exact) mass is 472 g/mol. The number of nitrogens with zero attached hydrogens (tertiary/aromatic N) is 1. The number of anilines is 1. The molecule has 2 aromatic rings. The van der Waals surface area contributed by atoms with Crippen molar-refractivity contribution in [1.82, 2.24) is 4.90 Å². The molecule has 0 saturated carbocycles. The van der Waals surface area contributed by atoms with Gasteiger partial charge in [0.05, 0.1) is 26.2 Å². The van der Waals surface area contributed by atoms with E-state index in [2.05, 4.69) is 5.32 Å². The summed E-state index contributed by atoms with van der Waals surface area (Å²) in [6.07, 6.45) is 2.53. The van der Waals surface area contributed by atoms with E-state index in [0.29, 0.717) is 45.1 Å². The molecule has 0 unspecified atom stereocenters. The maximum absolute atomic E-state index is 12.8. The number of ether oxygens (including phenoxy) is 3. The number of benzene rings is 2. The van der Waals surface area contributed by atoms with E-state index < -0.39 is 0 Å². The summed E-state index contributed by atoms with van der Waals surface area (Å²) in [5.41, 5.74) is 1.47. The molecule has 1 aliphatic rings. The molecule has 0 aliphatic carbocycles. The number of hydrogen-bond acceptors (Lipinski definition) is 7. The van der Waals surface area contributed by atoms with Gasteiger partial charge in [-0.2, -0.15) is 0 Å². The maximum Gasteiger partial charge on any atom is 0.266 e. The first kappa shape index (κ1) is 23.6. The third-order valence-corrected chi connectivity index (χ3v) is 6.10. The summed E-state index contributed by atoms with van der Waals surface area (Å²) >= 11 is 6.63. The van der Waals surface area contributed by atoms with Crippen LogP contribution in [0.2, 0.25) is 0 Å². The topological polar surface area (TPSA) is 77.1 Å². The fourth-order valence-electron chi connectivity index (χ4n) is 3.11. The second-order valence-electron chi connectivity index (χ2n) is 6.83. The molecule has 0 bridgehead atoms. The van der Waals surface area contributed by atoms with Gasteiger partial charge in [-0.05, 0) is 42.3 Å². The van der Waals surface area contributed by atoms with E-state index in [1.165, 1.54) is 16.7 Å². The number of nitrogens with one attached hydrogen (secondary N) is 1.